The zero-order chi connectivity index (χ0) is 31.1. The van der Waals surface area contributed by atoms with E-state index in [1.54, 1.807) is 6.92 Å². The lowest BCUT2D eigenvalue weighted by molar-refractivity contribution is -0.155. The Labute approximate surface area is 249 Å². The second kappa shape index (κ2) is 12.2. The maximum Gasteiger partial charge on any atom is 0.401 e. The van der Waals surface area contributed by atoms with E-state index in [4.69, 9.17) is 0 Å². The summed E-state index contributed by atoms with van der Waals surface area (Å²) in [6.45, 7) is 8.36. The third-order valence-electron chi connectivity index (χ3n) is 8.16. The van der Waals surface area contributed by atoms with Crippen molar-refractivity contribution in [2.75, 3.05) is 38.2 Å². The van der Waals surface area contributed by atoms with Gasteiger partial charge in [-0.25, -0.2) is 8.78 Å². The van der Waals surface area contributed by atoms with Gasteiger partial charge in [0, 0.05) is 65.1 Å². The Kier molecular flexibility index (Phi) is 8.94. The molecule has 1 saturated heterocycles. The number of aromatic nitrogens is 1. The van der Waals surface area contributed by atoms with E-state index in [0.29, 0.717) is 30.7 Å². The van der Waals surface area contributed by atoms with E-state index < -0.39 is 56.8 Å². The van der Waals surface area contributed by atoms with Crippen LogP contribution < -0.4 is 5.32 Å². The van der Waals surface area contributed by atoms with Crippen molar-refractivity contribution in [3.63, 3.8) is 0 Å². The fraction of sp³-hybridized carbons (Fsp3) is 0.500. The molecule has 0 amide bonds. The molecule has 5 rings (SSSR count). The van der Waals surface area contributed by atoms with Crippen molar-refractivity contribution in [2.24, 2.45) is 0 Å². The van der Waals surface area contributed by atoms with Gasteiger partial charge in [0.05, 0.1) is 19.3 Å². The highest BCUT2D eigenvalue weighted by Crippen LogP contribution is 2.44. The van der Waals surface area contributed by atoms with Crippen LogP contribution in [0, 0.1) is 23.1 Å². The van der Waals surface area contributed by atoms with Gasteiger partial charge in [0.2, 0.25) is 0 Å². The van der Waals surface area contributed by atoms with E-state index in [-0.39, 0.29) is 18.2 Å². The summed E-state index contributed by atoms with van der Waals surface area (Å²) >= 11 is 0. The van der Waals surface area contributed by atoms with Gasteiger partial charge >= 0.3 is 6.18 Å². The molecular formula is C32H38F6N4Si. The molecule has 1 fully saturated rings. The first-order valence-electron chi connectivity index (χ1n) is 14.8. The first kappa shape index (κ1) is 31.5. The van der Waals surface area contributed by atoms with Crippen molar-refractivity contribution >= 4 is 24.7 Å². The summed E-state index contributed by atoms with van der Waals surface area (Å²) in [7, 11) is -1.64. The fourth-order valence-corrected chi connectivity index (χ4v) is 6.78. The van der Waals surface area contributed by atoms with Gasteiger partial charge in [0.15, 0.2) is 0 Å². The zero-order valence-corrected chi connectivity index (χ0v) is 25.9. The van der Waals surface area contributed by atoms with Crippen LogP contribution in [-0.4, -0.2) is 74.0 Å². The minimum absolute atomic E-state index is 0.0701. The van der Waals surface area contributed by atoms with E-state index in [1.165, 1.54) is 12.1 Å². The van der Waals surface area contributed by atoms with Gasteiger partial charge in [-0.05, 0) is 62.1 Å². The Morgan fingerprint density at radius 1 is 1.09 bits per heavy atom. The number of nitrogens with one attached hydrogen (secondary N) is 2. The minimum Gasteiger partial charge on any atom is -0.381 e. The van der Waals surface area contributed by atoms with Gasteiger partial charge in [-0.15, -0.1) is 5.54 Å². The number of fused-ring (bicyclic) bond motifs is 3. The third kappa shape index (κ3) is 7.24. The van der Waals surface area contributed by atoms with E-state index in [9.17, 15) is 17.6 Å². The Balaban J connectivity index is 1.54. The summed E-state index contributed by atoms with van der Waals surface area (Å²) in [4.78, 5) is 6.45. The normalized spacial score (nSPS) is 21.6. The summed E-state index contributed by atoms with van der Waals surface area (Å²) in [5.41, 5.74) is 5.74. The van der Waals surface area contributed by atoms with Crippen molar-refractivity contribution in [2.45, 2.75) is 70.1 Å². The molecule has 0 unspecified atom stereocenters. The smallest absolute Gasteiger partial charge is 0.381 e. The molecule has 2 N–H and O–H groups in total. The molecule has 2 aromatic carbocycles. The van der Waals surface area contributed by atoms with Crippen molar-refractivity contribution < 1.29 is 26.3 Å². The van der Waals surface area contributed by atoms with Crippen LogP contribution in [0.25, 0.3) is 10.9 Å². The standard InChI is InChI=1S/C32H38F6N4Si/c1-20-14-25-24-15-21(9-13-43(2,3)4)6-7-28(24)40-30(25)31(42(20)19-32(36,37)38)29-26(34)16-23(17-27(29)35)39-22-8-12-41(18-22)11-5-10-33/h6-7,15-17,20,22,31,39-40H,5,8,10-12,14,18-19H2,1-4H3/t20-,22+,31-/m1/s1. The first-order valence-corrected chi connectivity index (χ1v) is 18.3. The predicted molar refractivity (Wildman–Crippen MR) is 162 cm³/mol. The number of alkyl halides is 4. The number of halogens is 6. The number of hydrogen-bond acceptors (Lipinski definition) is 3. The van der Waals surface area contributed by atoms with E-state index in [1.807, 2.05) is 18.2 Å². The molecule has 0 saturated carbocycles. The Morgan fingerprint density at radius 3 is 2.47 bits per heavy atom. The van der Waals surface area contributed by atoms with E-state index >= 15 is 8.78 Å². The highest BCUT2D eigenvalue weighted by molar-refractivity contribution is 6.83. The second-order valence-electron chi connectivity index (χ2n) is 12.8. The number of H-pyrrole nitrogens is 1. The molecule has 0 bridgehead atoms. The summed E-state index contributed by atoms with van der Waals surface area (Å²) in [6, 6.07) is 5.92. The van der Waals surface area contributed by atoms with Gasteiger partial charge in [-0.2, -0.15) is 13.2 Å². The van der Waals surface area contributed by atoms with Crippen LogP contribution in [0.1, 0.15) is 48.2 Å². The topological polar surface area (TPSA) is 34.3 Å². The van der Waals surface area contributed by atoms with Crippen molar-refractivity contribution in [1.82, 2.24) is 14.8 Å². The summed E-state index contributed by atoms with van der Waals surface area (Å²) in [5.74, 6) is 1.41. The molecule has 43 heavy (non-hydrogen) atoms. The molecule has 4 nitrogen and oxygen atoms in total. The van der Waals surface area contributed by atoms with Gasteiger partial charge in [0.1, 0.15) is 19.7 Å². The predicted octanol–water partition coefficient (Wildman–Crippen LogP) is 7.42. The van der Waals surface area contributed by atoms with Crippen molar-refractivity contribution in [1.29, 1.82) is 0 Å². The Bertz CT molecular complexity index is 1510. The lowest BCUT2D eigenvalue weighted by Crippen LogP contribution is -2.47. The quantitative estimate of drug-likeness (QED) is 0.164. The van der Waals surface area contributed by atoms with Gasteiger partial charge in [-0.1, -0.05) is 25.6 Å². The average molecular weight is 621 g/mol. The van der Waals surface area contributed by atoms with E-state index in [2.05, 4.69) is 46.3 Å². The number of hydrogen-bond donors (Lipinski definition) is 2. The summed E-state index contributed by atoms with van der Waals surface area (Å²) < 4.78 is 85.9. The lowest BCUT2D eigenvalue weighted by atomic mass is 9.87. The Morgan fingerprint density at radius 2 is 1.81 bits per heavy atom. The van der Waals surface area contributed by atoms with Gasteiger partial charge in [-0.3, -0.25) is 9.29 Å². The molecule has 232 valence electrons. The number of rotatable bonds is 7. The van der Waals surface area contributed by atoms with Crippen LogP contribution in [0.5, 0.6) is 0 Å². The van der Waals surface area contributed by atoms with Crippen LogP contribution in [0.4, 0.5) is 32.0 Å². The third-order valence-corrected chi connectivity index (χ3v) is 9.03. The lowest BCUT2D eigenvalue weighted by Gasteiger charge is -2.41. The second-order valence-corrected chi connectivity index (χ2v) is 17.6. The largest absolute Gasteiger partial charge is 0.401 e. The molecule has 3 aromatic rings. The molecule has 0 spiro atoms. The number of aromatic amines is 1. The van der Waals surface area contributed by atoms with Crippen molar-refractivity contribution in [3.8, 4) is 11.5 Å². The van der Waals surface area contributed by atoms with Crippen LogP contribution >= 0.6 is 0 Å². The number of nitrogens with zero attached hydrogens (tertiary/aromatic N) is 2. The molecule has 3 atom stereocenters. The van der Waals surface area contributed by atoms with E-state index in [0.717, 1.165) is 34.4 Å². The highest BCUT2D eigenvalue weighted by Gasteiger charge is 2.44. The summed E-state index contributed by atoms with van der Waals surface area (Å²) in [5, 5.41) is 3.96. The Hall–Kier alpha value is -2.94. The van der Waals surface area contributed by atoms with Gasteiger partial charge in [0.25, 0.3) is 0 Å². The molecular weight excluding hydrogens is 582 g/mol. The molecule has 0 radical (unpaired) electrons. The molecule has 2 aliphatic rings. The van der Waals surface area contributed by atoms with Crippen molar-refractivity contribution in [3.05, 3.63) is 64.4 Å². The van der Waals surface area contributed by atoms with Gasteiger partial charge < -0.3 is 15.2 Å². The van der Waals surface area contributed by atoms with Crippen LogP contribution in [0.3, 0.4) is 0 Å². The number of likely N-dealkylation sites (tertiary alicyclic amines) is 1. The monoisotopic (exact) mass is 620 g/mol. The first-order chi connectivity index (χ1) is 20.2. The molecule has 11 heteroatoms. The molecule has 2 aliphatic heterocycles. The number of anilines is 1. The minimum atomic E-state index is -4.57. The summed E-state index contributed by atoms with van der Waals surface area (Å²) in [6.07, 6.45) is -3.11. The number of benzene rings is 2. The SMILES string of the molecule is C[C@@H]1Cc2c([nH]c3ccc(C#C[Si](C)(C)C)cc23)[C@@H](c2c(F)cc(N[C@H]3CCN(CCCF)C3)cc2F)N1CC(F)(F)F. The zero-order valence-electron chi connectivity index (χ0n) is 24.9. The van der Waals surface area contributed by atoms with Crippen LogP contribution in [0.2, 0.25) is 19.6 Å². The molecule has 1 aromatic heterocycles. The van der Waals surface area contributed by atoms with Crippen LogP contribution in [-0.2, 0) is 6.42 Å². The molecule has 3 heterocycles. The highest BCUT2D eigenvalue weighted by atomic mass is 28.3. The van der Waals surface area contributed by atoms with Crippen LogP contribution in [0.15, 0.2) is 30.3 Å². The maximum absolute atomic E-state index is 15.9. The maximum atomic E-state index is 15.9. The average Bonchev–Trinajstić information content (AvgIpc) is 3.50. The fourth-order valence-electron chi connectivity index (χ4n) is 6.26. The molecule has 0 aliphatic carbocycles.